The highest BCUT2D eigenvalue weighted by Crippen LogP contribution is 2.37. The number of hydrogen-bond acceptors (Lipinski definition) is 11. The third kappa shape index (κ3) is 7.08. The van der Waals surface area contributed by atoms with E-state index in [1.54, 1.807) is 24.5 Å². The van der Waals surface area contributed by atoms with Gasteiger partial charge in [-0.3, -0.25) is 14.7 Å². The van der Waals surface area contributed by atoms with Crippen LogP contribution in [0.2, 0.25) is 0 Å². The Balaban J connectivity index is 1.44. The van der Waals surface area contributed by atoms with Gasteiger partial charge in [0, 0.05) is 57.5 Å². The van der Waals surface area contributed by atoms with Crippen molar-refractivity contribution in [2.24, 2.45) is 0 Å². The largest absolute Gasteiger partial charge is 0.376 e. The molecule has 0 aliphatic carbocycles. The van der Waals surface area contributed by atoms with E-state index < -0.39 is 10.0 Å². The van der Waals surface area contributed by atoms with Gasteiger partial charge in [0.05, 0.1) is 39.0 Å². The van der Waals surface area contributed by atoms with Gasteiger partial charge < -0.3 is 25.3 Å². The van der Waals surface area contributed by atoms with Gasteiger partial charge in [-0.25, -0.2) is 13.4 Å². The molecule has 0 amide bonds. The summed E-state index contributed by atoms with van der Waals surface area (Å²) in [4.78, 5) is 24.7. The fourth-order valence-corrected chi connectivity index (χ4v) is 6.18. The Hall–Kier alpha value is -3.75. The summed E-state index contributed by atoms with van der Waals surface area (Å²) in [5.41, 5.74) is 6.02. The maximum atomic E-state index is 12.2. The Morgan fingerprint density at radius 1 is 0.977 bits per heavy atom. The van der Waals surface area contributed by atoms with Gasteiger partial charge in [-0.05, 0) is 79.6 Å². The zero-order valence-electron chi connectivity index (χ0n) is 25.2. The molecule has 4 aromatic rings. The van der Waals surface area contributed by atoms with Crippen LogP contribution in [0.4, 0.5) is 40.2 Å². The van der Waals surface area contributed by atoms with Crippen molar-refractivity contribution in [3.8, 4) is 0 Å². The predicted molar refractivity (Wildman–Crippen MR) is 179 cm³/mol. The van der Waals surface area contributed by atoms with Crippen LogP contribution in [0.5, 0.6) is 0 Å². The highest BCUT2D eigenvalue weighted by Gasteiger charge is 2.23. The van der Waals surface area contributed by atoms with E-state index in [2.05, 4.69) is 94.1 Å². The molecule has 0 bridgehead atoms. The van der Waals surface area contributed by atoms with Gasteiger partial charge in [-0.1, -0.05) is 0 Å². The van der Waals surface area contributed by atoms with Crippen molar-refractivity contribution in [3.05, 3.63) is 52.9 Å². The van der Waals surface area contributed by atoms with Gasteiger partial charge in [-0.15, -0.1) is 0 Å². The fourth-order valence-electron chi connectivity index (χ4n) is 5.31. The molecule has 43 heavy (non-hydrogen) atoms. The van der Waals surface area contributed by atoms with Crippen LogP contribution in [0.15, 0.2) is 47.3 Å². The third-order valence-electron chi connectivity index (χ3n) is 7.50. The molecule has 0 atom stereocenters. The van der Waals surface area contributed by atoms with Crippen LogP contribution in [0.3, 0.4) is 0 Å². The Morgan fingerprint density at radius 2 is 1.70 bits per heavy atom. The first-order valence-corrected chi connectivity index (χ1v) is 16.6. The smallest absolute Gasteiger partial charge is 0.229 e. The van der Waals surface area contributed by atoms with Crippen LogP contribution in [0.25, 0.3) is 11.0 Å². The summed E-state index contributed by atoms with van der Waals surface area (Å²) in [6.45, 7) is 4.17. The van der Waals surface area contributed by atoms with Crippen molar-refractivity contribution in [1.82, 2.24) is 24.8 Å². The van der Waals surface area contributed by atoms with Crippen LogP contribution in [0.1, 0.15) is 18.4 Å². The molecule has 3 N–H and O–H groups in total. The molecule has 5 rings (SSSR count). The number of halogens is 1. The summed E-state index contributed by atoms with van der Waals surface area (Å²) < 4.78 is 27.6. The average molecular weight is 670 g/mol. The second-order valence-electron chi connectivity index (χ2n) is 11.2. The third-order valence-corrected chi connectivity index (χ3v) is 8.66. The molecule has 14 heteroatoms. The summed E-state index contributed by atoms with van der Waals surface area (Å²) in [6.07, 6.45) is 8.09. The van der Waals surface area contributed by atoms with Crippen molar-refractivity contribution >= 4 is 77.2 Å². The summed E-state index contributed by atoms with van der Waals surface area (Å²) >= 11 is 3.53. The number of piperidine rings is 1. The van der Waals surface area contributed by atoms with E-state index in [1.165, 1.54) is 17.4 Å². The summed E-state index contributed by atoms with van der Waals surface area (Å²) in [5.74, 6) is 0.826. The number of benzene rings is 2. The highest BCUT2D eigenvalue weighted by atomic mass is 79.9. The molecule has 12 nitrogen and oxygen atoms in total. The number of aromatic nitrogens is 4. The van der Waals surface area contributed by atoms with E-state index >= 15 is 0 Å². The molecule has 0 radical (unpaired) electrons. The minimum Gasteiger partial charge on any atom is -0.376 e. The van der Waals surface area contributed by atoms with Crippen molar-refractivity contribution in [1.29, 1.82) is 0 Å². The molecular formula is C29H37BrN10O2S. The van der Waals surface area contributed by atoms with Crippen molar-refractivity contribution in [2.45, 2.75) is 25.8 Å². The number of fused-ring (bicyclic) bond motifs is 1. The molecule has 0 saturated carbocycles. The zero-order valence-corrected chi connectivity index (χ0v) is 27.6. The Kier molecular flexibility index (Phi) is 8.90. The molecule has 3 heterocycles. The lowest BCUT2D eigenvalue weighted by molar-refractivity contribution is 0.249. The maximum absolute atomic E-state index is 12.2. The van der Waals surface area contributed by atoms with E-state index in [-0.39, 0.29) is 5.69 Å². The van der Waals surface area contributed by atoms with Gasteiger partial charge in [0.2, 0.25) is 16.0 Å². The fraction of sp³-hybridized carbons (Fsp3) is 0.379. The Labute approximate surface area is 261 Å². The van der Waals surface area contributed by atoms with Crippen molar-refractivity contribution in [3.63, 3.8) is 0 Å². The number of rotatable bonds is 9. The number of aryl methyl sites for hydroxylation is 1. The molecule has 1 saturated heterocycles. The molecule has 2 aromatic carbocycles. The van der Waals surface area contributed by atoms with Gasteiger partial charge in [0.15, 0.2) is 0 Å². The minimum absolute atomic E-state index is 0.281. The standard InChI is InChI=1S/C29H37BrN10O2S/c1-18-15-23(25(39(4)5)16-24(18)40-13-9-19(10-14-40)38(2)3)35-29-33-17-20(30)28(36-29)34-22-8-7-21-26(32-12-11-31-21)27(22)37-43(6,41)42/h7-8,11-12,15-17,19,37H,9-10,13-14H2,1-6H3,(H2,33,34,35,36). The maximum Gasteiger partial charge on any atom is 0.229 e. The second-order valence-corrected chi connectivity index (χ2v) is 13.8. The number of nitrogens with one attached hydrogen (secondary N) is 3. The molecule has 228 valence electrons. The summed E-state index contributed by atoms with van der Waals surface area (Å²) in [6, 6.07) is 8.48. The first-order chi connectivity index (χ1) is 20.4. The molecule has 1 aliphatic heterocycles. The lowest BCUT2D eigenvalue weighted by atomic mass is 10.0. The average Bonchev–Trinajstić information content (AvgIpc) is 2.95. The highest BCUT2D eigenvalue weighted by molar-refractivity contribution is 9.10. The molecule has 2 aromatic heterocycles. The minimum atomic E-state index is -3.60. The zero-order chi connectivity index (χ0) is 30.9. The van der Waals surface area contributed by atoms with Crippen LogP contribution in [0, 0.1) is 6.92 Å². The topological polar surface area (TPSA) is 132 Å². The van der Waals surface area contributed by atoms with Gasteiger partial charge in [-0.2, -0.15) is 4.98 Å². The number of nitrogens with zero attached hydrogens (tertiary/aromatic N) is 7. The summed E-state index contributed by atoms with van der Waals surface area (Å²) in [7, 11) is 4.75. The van der Waals surface area contributed by atoms with Crippen LogP contribution < -0.4 is 25.2 Å². The normalized spacial score (nSPS) is 14.3. The SMILES string of the molecule is Cc1cc(Nc2ncc(Br)c(Nc3ccc4nccnc4c3NS(C)(=O)=O)n2)c(N(C)C)cc1N1CCC(N(C)C)CC1. The van der Waals surface area contributed by atoms with Crippen LogP contribution in [-0.2, 0) is 10.0 Å². The van der Waals surface area contributed by atoms with Crippen molar-refractivity contribution < 1.29 is 8.42 Å². The van der Waals surface area contributed by atoms with E-state index in [4.69, 9.17) is 4.98 Å². The molecule has 0 unspecified atom stereocenters. The predicted octanol–water partition coefficient (Wildman–Crippen LogP) is 4.95. The first-order valence-electron chi connectivity index (χ1n) is 13.9. The van der Waals surface area contributed by atoms with E-state index in [1.807, 2.05) is 14.1 Å². The molecule has 1 aliphatic rings. The first kappa shape index (κ1) is 30.7. The molecular weight excluding hydrogens is 632 g/mol. The van der Waals surface area contributed by atoms with Gasteiger partial charge in [0.25, 0.3) is 0 Å². The van der Waals surface area contributed by atoms with E-state index in [0.29, 0.717) is 39.0 Å². The monoisotopic (exact) mass is 668 g/mol. The quantitative estimate of drug-likeness (QED) is 0.224. The second kappa shape index (κ2) is 12.5. The van der Waals surface area contributed by atoms with Crippen LogP contribution in [-0.4, -0.2) is 86.8 Å². The van der Waals surface area contributed by atoms with Gasteiger partial charge >= 0.3 is 0 Å². The molecule has 1 fully saturated rings. The lowest BCUT2D eigenvalue weighted by Crippen LogP contribution is -2.42. The van der Waals surface area contributed by atoms with E-state index in [0.717, 1.165) is 43.6 Å². The lowest BCUT2D eigenvalue weighted by Gasteiger charge is -2.37. The number of hydrogen-bond donors (Lipinski definition) is 3. The Bertz CT molecular complexity index is 1740. The Morgan fingerprint density at radius 3 is 2.37 bits per heavy atom. The van der Waals surface area contributed by atoms with Crippen molar-refractivity contribution in [2.75, 3.05) is 72.7 Å². The van der Waals surface area contributed by atoms with Gasteiger partial charge in [0.1, 0.15) is 11.3 Å². The summed E-state index contributed by atoms with van der Waals surface area (Å²) in [5, 5.41) is 6.64. The number of anilines is 7. The molecule has 0 spiro atoms. The van der Waals surface area contributed by atoms with Crippen LogP contribution >= 0.6 is 15.9 Å². The van der Waals surface area contributed by atoms with E-state index in [9.17, 15) is 8.42 Å². The number of sulfonamides is 1.